The van der Waals surface area contributed by atoms with Gasteiger partial charge in [-0.25, -0.2) is 0 Å². The predicted molar refractivity (Wildman–Crippen MR) is 204 cm³/mol. The van der Waals surface area contributed by atoms with Crippen molar-refractivity contribution in [2.24, 2.45) is 11.5 Å². The summed E-state index contributed by atoms with van der Waals surface area (Å²) >= 11 is 0. The molecule has 2 amide bonds. The van der Waals surface area contributed by atoms with Gasteiger partial charge in [-0.15, -0.1) is 0 Å². The Kier molecular flexibility index (Phi) is 12.4. The minimum atomic E-state index is -0.647. The van der Waals surface area contributed by atoms with Gasteiger partial charge >= 0.3 is 0 Å². The van der Waals surface area contributed by atoms with Gasteiger partial charge in [0.2, 0.25) is 11.8 Å². The third-order valence-corrected chi connectivity index (χ3v) is 12.2. The number of unbranched alkanes of at least 4 members (excludes halogenated alkanes) is 2. The zero-order valence-electron chi connectivity index (χ0n) is 29.2. The van der Waals surface area contributed by atoms with Crippen LogP contribution in [0.3, 0.4) is 0 Å². The van der Waals surface area contributed by atoms with E-state index in [-0.39, 0.29) is 23.9 Å². The summed E-state index contributed by atoms with van der Waals surface area (Å²) in [6.07, 6.45) is 5.86. The first-order valence-corrected chi connectivity index (χ1v) is 20.5. The molecule has 4 atom stereocenters. The highest BCUT2D eigenvalue weighted by atomic mass is 33.1. The quantitative estimate of drug-likeness (QED) is 0.109. The molecule has 2 aromatic carbocycles. The van der Waals surface area contributed by atoms with Crippen LogP contribution in [-0.2, 0) is 22.7 Å². The summed E-state index contributed by atoms with van der Waals surface area (Å²) in [7, 11) is 3.04. The maximum absolute atomic E-state index is 13.8. The molecule has 266 valence electrons. The third kappa shape index (κ3) is 8.14. The van der Waals surface area contributed by atoms with Gasteiger partial charge in [-0.2, -0.15) is 10.2 Å². The van der Waals surface area contributed by atoms with Crippen molar-refractivity contribution in [3.05, 3.63) is 84.2 Å². The topological polar surface area (TPSA) is 128 Å². The molecule has 2 aliphatic heterocycles. The maximum atomic E-state index is 13.8. The number of hydrogen-bond donors (Lipinski definition) is 2. The lowest BCUT2D eigenvalue weighted by molar-refractivity contribution is -0.136. The van der Waals surface area contributed by atoms with Crippen molar-refractivity contribution in [1.82, 2.24) is 29.4 Å². The SMILES string of the molecule is CCCCC1c2cc(-c3ccccc3)nn2CCN1C(=O)[C@@H](N)CSSC[C@H](N)C(=O)N1CCn2nc(-c3ccccc3)cc2C1CCCC. The first kappa shape index (κ1) is 36.2. The van der Waals surface area contributed by atoms with Crippen LogP contribution in [0.25, 0.3) is 22.5 Å². The highest BCUT2D eigenvalue weighted by Crippen LogP contribution is 2.36. The van der Waals surface area contributed by atoms with Gasteiger partial charge in [0.15, 0.2) is 0 Å². The second-order valence-electron chi connectivity index (χ2n) is 13.2. The van der Waals surface area contributed by atoms with Crippen molar-refractivity contribution < 1.29 is 9.59 Å². The van der Waals surface area contributed by atoms with Crippen molar-refractivity contribution in [3.63, 3.8) is 0 Å². The minimum Gasteiger partial charge on any atom is -0.331 e. The van der Waals surface area contributed by atoms with Crippen LogP contribution in [0.5, 0.6) is 0 Å². The van der Waals surface area contributed by atoms with Gasteiger partial charge < -0.3 is 21.3 Å². The number of carbonyl (C=O) groups excluding carboxylic acids is 2. The Morgan fingerprint density at radius 1 is 0.680 bits per heavy atom. The van der Waals surface area contributed by atoms with E-state index in [1.807, 2.05) is 46.2 Å². The van der Waals surface area contributed by atoms with E-state index in [1.54, 1.807) is 0 Å². The smallest absolute Gasteiger partial charge is 0.241 e. The number of amides is 2. The molecule has 0 bridgehead atoms. The molecular weight excluding hydrogens is 665 g/mol. The van der Waals surface area contributed by atoms with Crippen molar-refractivity contribution in [2.45, 2.75) is 89.6 Å². The van der Waals surface area contributed by atoms with Gasteiger partial charge in [-0.3, -0.25) is 19.0 Å². The molecule has 10 nitrogen and oxygen atoms in total. The van der Waals surface area contributed by atoms with Crippen LogP contribution < -0.4 is 11.5 Å². The second-order valence-corrected chi connectivity index (χ2v) is 15.8. The number of rotatable bonds is 15. The third-order valence-electron chi connectivity index (χ3n) is 9.74. The molecule has 2 aliphatic rings. The highest BCUT2D eigenvalue weighted by molar-refractivity contribution is 8.76. The Hall–Kier alpha value is -3.58. The molecule has 0 saturated heterocycles. The van der Waals surface area contributed by atoms with Gasteiger partial charge in [0.1, 0.15) is 0 Å². The van der Waals surface area contributed by atoms with E-state index in [0.717, 1.165) is 72.4 Å². The molecule has 6 rings (SSSR count). The first-order chi connectivity index (χ1) is 24.4. The van der Waals surface area contributed by atoms with Crippen LogP contribution in [0.1, 0.15) is 75.8 Å². The number of benzene rings is 2. The van der Waals surface area contributed by atoms with Crippen molar-refractivity contribution in [2.75, 3.05) is 24.6 Å². The van der Waals surface area contributed by atoms with Crippen molar-refractivity contribution >= 4 is 33.4 Å². The lowest BCUT2D eigenvalue weighted by Gasteiger charge is -2.38. The van der Waals surface area contributed by atoms with Gasteiger partial charge in [0.05, 0.1) is 60.0 Å². The average Bonchev–Trinajstić information content (AvgIpc) is 3.80. The fraction of sp³-hybridized carbons (Fsp3) is 0.474. The molecule has 0 radical (unpaired) electrons. The lowest BCUT2D eigenvalue weighted by Crippen LogP contribution is -2.50. The Morgan fingerprint density at radius 3 is 1.46 bits per heavy atom. The molecule has 12 heteroatoms. The summed E-state index contributed by atoms with van der Waals surface area (Å²) in [5.74, 6) is 0.819. The van der Waals surface area contributed by atoms with Crippen LogP contribution in [-0.4, -0.2) is 77.9 Å². The van der Waals surface area contributed by atoms with E-state index >= 15 is 0 Å². The zero-order valence-corrected chi connectivity index (χ0v) is 30.8. The van der Waals surface area contributed by atoms with Crippen LogP contribution in [0.15, 0.2) is 72.8 Å². The monoisotopic (exact) mass is 714 g/mol. The zero-order chi connectivity index (χ0) is 35.0. The van der Waals surface area contributed by atoms with E-state index < -0.39 is 12.1 Å². The van der Waals surface area contributed by atoms with E-state index in [4.69, 9.17) is 21.7 Å². The van der Waals surface area contributed by atoms with Gasteiger partial charge in [0.25, 0.3) is 0 Å². The molecule has 0 aliphatic carbocycles. The number of aromatic nitrogens is 4. The molecule has 4 aromatic rings. The van der Waals surface area contributed by atoms with Crippen LogP contribution in [0.4, 0.5) is 0 Å². The summed E-state index contributed by atoms with van der Waals surface area (Å²) < 4.78 is 4.12. The summed E-state index contributed by atoms with van der Waals surface area (Å²) in [5.41, 5.74) is 19.2. The molecule has 0 spiro atoms. The largest absolute Gasteiger partial charge is 0.331 e. The molecule has 0 fully saturated rings. The first-order valence-electron chi connectivity index (χ1n) is 18.0. The Labute approximate surface area is 303 Å². The van der Waals surface area contributed by atoms with Crippen molar-refractivity contribution in [1.29, 1.82) is 0 Å². The summed E-state index contributed by atoms with van der Waals surface area (Å²) in [5, 5.41) is 9.76. The highest BCUT2D eigenvalue weighted by Gasteiger charge is 2.36. The minimum absolute atomic E-state index is 0.0353. The molecule has 50 heavy (non-hydrogen) atoms. The van der Waals surface area contributed by atoms with Crippen LogP contribution in [0, 0.1) is 0 Å². The number of carbonyl (C=O) groups is 2. The molecule has 0 saturated carbocycles. The Balaban J connectivity index is 1.04. The molecule has 2 aromatic heterocycles. The summed E-state index contributed by atoms with van der Waals surface area (Å²) in [6.45, 7) is 6.80. The number of fused-ring (bicyclic) bond motifs is 2. The fourth-order valence-electron chi connectivity index (χ4n) is 7.03. The number of hydrogen-bond acceptors (Lipinski definition) is 8. The van der Waals surface area contributed by atoms with E-state index in [9.17, 15) is 9.59 Å². The molecular formula is C38H50N8O2S2. The molecule has 4 N–H and O–H groups in total. The summed E-state index contributed by atoms with van der Waals surface area (Å²) in [4.78, 5) is 31.5. The van der Waals surface area contributed by atoms with Crippen molar-refractivity contribution in [3.8, 4) is 22.5 Å². The number of nitrogens with two attached hydrogens (primary N) is 2. The van der Waals surface area contributed by atoms with Gasteiger partial charge in [-0.1, -0.05) is 122 Å². The van der Waals surface area contributed by atoms with E-state index in [2.05, 4.69) is 59.6 Å². The number of nitrogens with zero attached hydrogens (tertiary/aromatic N) is 6. The lowest BCUT2D eigenvalue weighted by atomic mass is 10.0. The maximum Gasteiger partial charge on any atom is 0.241 e. The van der Waals surface area contributed by atoms with Crippen LogP contribution in [0.2, 0.25) is 0 Å². The van der Waals surface area contributed by atoms with E-state index in [0.29, 0.717) is 37.7 Å². The van der Waals surface area contributed by atoms with Gasteiger partial charge in [-0.05, 0) is 25.0 Å². The normalized spacial score (nSPS) is 18.4. The Bertz CT molecular complexity index is 1590. The van der Waals surface area contributed by atoms with E-state index in [1.165, 1.54) is 21.6 Å². The van der Waals surface area contributed by atoms with Crippen LogP contribution >= 0.6 is 21.6 Å². The molecule has 4 heterocycles. The average molecular weight is 715 g/mol. The summed E-state index contributed by atoms with van der Waals surface area (Å²) in [6, 6.07) is 23.2. The van der Waals surface area contributed by atoms with Gasteiger partial charge in [0, 0.05) is 35.7 Å². The standard InChI is InChI=1S/C38H50N8O2S2/c1-3-5-17-33-35-23-31(27-13-9-7-10-14-27)41-45(35)21-19-43(33)37(47)29(39)25-49-50-26-30(40)38(48)44-20-22-46-36(34(44)18-6-4-2)24-32(42-46)28-15-11-8-12-16-28/h7-16,23-24,29-30,33-34H,3-6,17-22,25-26,39-40H2,1-2H3/t29-,30-,33?,34?/m0/s1. The molecule has 2 unspecified atom stereocenters. The second kappa shape index (κ2) is 17.1. The fourth-order valence-corrected chi connectivity index (χ4v) is 9.26. The Morgan fingerprint density at radius 2 is 1.08 bits per heavy atom. The predicted octanol–water partition coefficient (Wildman–Crippen LogP) is 6.30.